The van der Waals surface area contributed by atoms with Crippen molar-refractivity contribution in [1.82, 2.24) is 20.1 Å². The van der Waals surface area contributed by atoms with Gasteiger partial charge in [0.05, 0.1) is 23.5 Å². The average molecular weight is 541 g/mol. The summed E-state index contributed by atoms with van der Waals surface area (Å²) in [6, 6.07) is 5.26. The molecule has 3 atom stereocenters. The number of ether oxygens (including phenoxy) is 1. The molecule has 3 aromatic rings. The van der Waals surface area contributed by atoms with E-state index in [1.54, 1.807) is 6.92 Å². The fourth-order valence-corrected chi connectivity index (χ4v) is 3.97. The van der Waals surface area contributed by atoms with Crippen LogP contribution in [0.1, 0.15) is 19.4 Å². The molecule has 0 bridgehead atoms. The molecule has 3 heterocycles. The molecule has 4 rings (SSSR count). The predicted molar refractivity (Wildman–Crippen MR) is 126 cm³/mol. The normalized spacial score (nSPS) is 18.0. The summed E-state index contributed by atoms with van der Waals surface area (Å²) in [6.07, 6.45) is -1.44. The molecule has 14 heteroatoms. The van der Waals surface area contributed by atoms with Crippen LogP contribution in [-0.2, 0) is 15.3 Å². The van der Waals surface area contributed by atoms with Crippen molar-refractivity contribution >= 4 is 26.9 Å². The molecule has 1 aliphatic heterocycles. The molecule has 0 radical (unpaired) electrons. The van der Waals surface area contributed by atoms with Crippen molar-refractivity contribution in [3.8, 4) is 22.7 Å². The van der Waals surface area contributed by atoms with Gasteiger partial charge >= 0.3 is 6.11 Å². The Balaban J connectivity index is 1.79. The first-order valence-corrected chi connectivity index (χ1v) is 11.5. The van der Waals surface area contributed by atoms with Crippen molar-refractivity contribution in [2.45, 2.75) is 25.6 Å². The Hall–Kier alpha value is -3.60. The molecule has 37 heavy (non-hydrogen) atoms. The molecule has 2 aromatic heterocycles. The molecular formula is C23H21F5N5O3P. The summed E-state index contributed by atoms with van der Waals surface area (Å²) in [5, 5.41) is 9.39. The minimum atomic E-state index is -3.60. The van der Waals surface area contributed by atoms with Gasteiger partial charge in [-0.15, -0.1) is 5.10 Å². The number of nitrogens with zero attached hydrogens (tertiary/aromatic N) is 3. The Morgan fingerprint density at radius 3 is 2.54 bits per heavy atom. The minimum absolute atomic E-state index is 0.00126. The Labute approximate surface area is 209 Å². The summed E-state index contributed by atoms with van der Waals surface area (Å²) in [6.45, 7) is 2.19. The van der Waals surface area contributed by atoms with Crippen molar-refractivity contribution in [2.24, 2.45) is 11.8 Å². The van der Waals surface area contributed by atoms with E-state index in [2.05, 4.69) is 25.5 Å². The summed E-state index contributed by atoms with van der Waals surface area (Å²) in [5.74, 6) is -3.56. The van der Waals surface area contributed by atoms with E-state index in [0.717, 1.165) is 35.1 Å². The van der Waals surface area contributed by atoms with Gasteiger partial charge in [0, 0.05) is 48.8 Å². The fraction of sp³-hybridized carbons (Fsp3) is 0.304. The molecule has 0 spiro atoms. The van der Waals surface area contributed by atoms with Gasteiger partial charge in [-0.25, -0.2) is 9.07 Å². The molecule has 2 amide bonds. The Bertz CT molecular complexity index is 1360. The maximum absolute atomic E-state index is 14.4. The number of anilines is 1. The van der Waals surface area contributed by atoms with Gasteiger partial charge in [-0.1, -0.05) is 16.2 Å². The van der Waals surface area contributed by atoms with Gasteiger partial charge in [0.2, 0.25) is 11.8 Å². The van der Waals surface area contributed by atoms with Crippen LogP contribution in [0.2, 0.25) is 0 Å². The zero-order chi connectivity index (χ0) is 27.1. The molecule has 1 unspecified atom stereocenters. The first-order valence-electron chi connectivity index (χ1n) is 10.9. The number of halogens is 5. The Morgan fingerprint density at radius 2 is 1.92 bits per heavy atom. The van der Waals surface area contributed by atoms with Gasteiger partial charge in [-0.2, -0.15) is 17.6 Å². The first kappa shape index (κ1) is 26.5. The molecular weight excluding hydrogens is 520 g/mol. The van der Waals surface area contributed by atoms with Gasteiger partial charge in [0.1, 0.15) is 11.6 Å². The summed E-state index contributed by atoms with van der Waals surface area (Å²) < 4.78 is 74.6. The molecule has 0 saturated carbocycles. The lowest BCUT2D eigenvalue weighted by molar-refractivity contribution is -0.159. The van der Waals surface area contributed by atoms with Crippen LogP contribution in [0.3, 0.4) is 0 Å². The zero-order valence-corrected chi connectivity index (χ0v) is 20.6. The summed E-state index contributed by atoms with van der Waals surface area (Å²) in [4.78, 5) is 28.4. The fourth-order valence-electron chi connectivity index (χ4n) is 3.82. The maximum atomic E-state index is 14.4. The molecule has 0 aliphatic carbocycles. The van der Waals surface area contributed by atoms with Crippen molar-refractivity contribution < 1.29 is 36.3 Å². The van der Waals surface area contributed by atoms with Gasteiger partial charge in [-0.3, -0.25) is 14.6 Å². The van der Waals surface area contributed by atoms with E-state index in [9.17, 15) is 31.5 Å². The molecule has 1 aromatic carbocycles. The monoisotopic (exact) mass is 541 g/mol. The highest BCUT2D eigenvalue weighted by Crippen LogP contribution is 2.36. The quantitative estimate of drug-likeness (QED) is 0.343. The highest BCUT2D eigenvalue weighted by atomic mass is 31.0. The third-order valence-electron chi connectivity index (χ3n) is 5.63. The number of carbonyl (C=O) groups is 2. The van der Waals surface area contributed by atoms with Crippen LogP contribution in [0, 0.1) is 17.7 Å². The molecule has 2 N–H and O–H groups in total. The number of hydrogen-bond donors (Lipinski definition) is 2. The lowest BCUT2D eigenvalue weighted by atomic mass is 9.97. The van der Waals surface area contributed by atoms with Crippen LogP contribution in [0.15, 0.2) is 42.7 Å². The van der Waals surface area contributed by atoms with E-state index in [0.29, 0.717) is 6.92 Å². The number of rotatable bonds is 7. The van der Waals surface area contributed by atoms with Gasteiger partial charge < -0.3 is 15.4 Å². The van der Waals surface area contributed by atoms with Crippen molar-refractivity contribution in [2.75, 3.05) is 11.9 Å². The number of alkyl halides is 4. The number of aromatic nitrogens is 3. The molecule has 196 valence electrons. The van der Waals surface area contributed by atoms with Gasteiger partial charge in [-0.05, 0) is 18.2 Å². The topological polar surface area (TPSA) is 98.1 Å². The second kappa shape index (κ2) is 9.70. The Morgan fingerprint density at radius 1 is 1.19 bits per heavy atom. The van der Waals surface area contributed by atoms with Gasteiger partial charge in [0.15, 0.2) is 5.82 Å². The van der Waals surface area contributed by atoms with E-state index in [4.69, 9.17) is 0 Å². The smallest absolute Gasteiger partial charge is 0.394 e. The zero-order valence-electron chi connectivity index (χ0n) is 19.4. The third kappa shape index (κ3) is 6.04. The van der Waals surface area contributed by atoms with Crippen LogP contribution in [0.5, 0.6) is 5.75 Å². The number of amides is 2. The highest BCUT2D eigenvalue weighted by Gasteiger charge is 2.36. The lowest BCUT2D eigenvalue weighted by Gasteiger charge is -2.15. The minimum Gasteiger partial charge on any atom is -0.433 e. The molecule has 1 saturated heterocycles. The van der Waals surface area contributed by atoms with Crippen LogP contribution in [0.4, 0.5) is 27.8 Å². The van der Waals surface area contributed by atoms with E-state index < -0.39 is 46.6 Å². The largest absolute Gasteiger partial charge is 0.433 e. The van der Waals surface area contributed by atoms with Crippen LogP contribution in [-0.4, -0.2) is 39.2 Å². The number of nitrogens with one attached hydrogen (secondary N) is 2. The summed E-state index contributed by atoms with van der Waals surface area (Å²) in [5.41, 5.74) is -3.72. The standard InChI is InChI=1S/C23H21F5N5O3P/c1-11-17(10-30-20(11)34)21(35)31-19-7-18(12-3-14(24)6-16(4-12)36-22(2,25)26)33(32-19)15-5-13(8-29-9-15)23(27,28)37/h3-9,11,17H,10,37H2,1-2H3,(H,30,34)(H,31,32,35)/t11-,17+/m1/s1. The van der Waals surface area contributed by atoms with E-state index in [-0.39, 0.29) is 35.2 Å². The Kier molecular flexibility index (Phi) is 6.93. The van der Waals surface area contributed by atoms with Crippen molar-refractivity contribution in [1.29, 1.82) is 0 Å². The molecule has 8 nitrogen and oxygen atoms in total. The SMILES string of the molecule is C[C@H]1C(=O)NC[C@@H]1C(=O)Nc1cc(-c2cc(F)cc(OC(C)(F)F)c2)n(-c2cncc(C(F)(F)P)c2)n1. The summed E-state index contributed by atoms with van der Waals surface area (Å²) >= 11 is 0. The van der Waals surface area contributed by atoms with Gasteiger partial charge in [0.25, 0.3) is 5.66 Å². The molecule has 1 fully saturated rings. The van der Waals surface area contributed by atoms with E-state index in [1.807, 2.05) is 0 Å². The first-order chi connectivity index (χ1) is 17.2. The second-order valence-electron chi connectivity index (χ2n) is 8.60. The van der Waals surface area contributed by atoms with Crippen molar-refractivity contribution in [3.05, 3.63) is 54.1 Å². The molecule has 1 aliphatic rings. The average Bonchev–Trinajstić information content (AvgIpc) is 3.35. The second-order valence-corrected chi connectivity index (χ2v) is 9.32. The van der Waals surface area contributed by atoms with Crippen LogP contribution in [0.25, 0.3) is 16.9 Å². The van der Waals surface area contributed by atoms with E-state index >= 15 is 0 Å². The maximum Gasteiger partial charge on any atom is 0.394 e. The predicted octanol–water partition coefficient (Wildman–Crippen LogP) is 4.31. The number of pyridine rings is 1. The van der Waals surface area contributed by atoms with E-state index in [1.165, 1.54) is 21.5 Å². The summed E-state index contributed by atoms with van der Waals surface area (Å²) in [7, 11) is 1.38. The highest BCUT2D eigenvalue weighted by molar-refractivity contribution is 7.17. The van der Waals surface area contributed by atoms with Crippen molar-refractivity contribution in [3.63, 3.8) is 0 Å². The third-order valence-corrected chi connectivity index (χ3v) is 5.96. The van der Waals surface area contributed by atoms with Crippen LogP contribution < -0.4 is 15.4 Å². The number of hydrogen-bond acceptors (Lipinski definition) is 5. The lowest BCUT2D eigenvalue weighted by Crippen LogP contribution is -2.28. The van der Waals surface area contributed by atoms with Crippen LogP contribution >= 0.6 is 9.24 Å². The number of carbonyl (C=O) groups excluding carboxylic acids is 2. The number of benzene rings is 1.